The van der Waals surface area contributed by atoms with Gasteiger partial charge >= 0.3 is 0 Å². The fourth-order valence-corrected chi connectivity index (χ4v) is 5.53. The van der Waals surface area contributed by atoms with E-state index in [0.717, 1.165) is 62.1 Å². The van der Waals surface area contributed by atoms with Crippen LogP contribution in [-0.2, 0) is 0 Å². The van der Waals surface area contributed by atoms with Crippen LogP contribution < -0.4 is 9.80 Å². The molecule has 1 amide bonds. The number of pyridine rings is 1. The number of amides is 1. The topological polar surface area (TPSA) is 39.7 Å². The molecule has 2 aliphatic heterocycles. The van der Waals surface area contributed by atoms with Crippen molar-refractivity contribution in [3.8, 4) is 0 Å². The number of carbonyl (C=O) groups is 1. The Bertz CT molecular complexity index is 1150. The molecule has 0 bridgehead atoms. The van der Waals surface area contributed by atoms with Gasteiger partial charge < -0.3 is 14.7 Å². The van der Waals surface area contributed by atoms with Crippen molar-refractivity contribution in [3.05, 3.63) is 65.1 Å². The Morgan fingerprint density at radius 1 is 0.969 bits per heavy atom. The SMILES string of the molecule is O=C(c1cnc2ccc(F)cc2c1N1CCN(c2cccc(Cl)c2)CC1)N1CCSCC1. The first-order valence-electron chi connectivity index (χ1n) is 10.8. The lowest BCUT2D eigenvalue weighted by atomic mass is 10.1. The standard InChI is InChI=1S/C24H24ClFN4OS/c25-17-2-1-3-19(14-17)28-6-8-29(9-7-28)23-20-15-18(26)4-5-22(20)27-16-21(23)24(31)30-10-12-32-13-11-30/h1-5,14-16H,6-13H2. The van der Waals surface area contributed by atoms with E-state index < -0.39 is 0 Å². The molecule has 0 radical (unpaired) electrons. The van der Waals surface area contributed by atoms with Crippen molar-refractivity contribution >= 4 is 51.5 Å². The normalized spacial score (nSPS) is 17.1. The number of carbonyl (C=O) groups excluding carboxylic acids is 1. The zero-order valence-corrected chi connectivity index (χ0v) is 19.2. The van der Waals surface area contributed by atoms with Crippen LogP contribution in [0, 0.1) is 5.82 Å². The fourth-order valence-electron chi connectivity index (χ4n) is 4.45. The Labute approximate surface area is 196 Å². The Morgan fingerprint density at radius 3 is 2.47 bits per heavy atom. The predicted molar refractivity (Wildman–Crippen MR) is 131 cm³/mol. The number of nitrogens with zero attached hydrogens (tertiary/aromatic N) is 4. The summed E-state index contributed by atoms with van der Waals surface area (Å²) >= 11 is 8.04. The highest BCUT2D eigenvalue weighted by molar-refractivity contribution is 7.99. The quantitative estimate of drug-likeness (QED) is 0.562. The lowest BCUT2D eigenvalue weighted by Crippen LogP contribution is -2.47. The van der Waals surface area contributed by atoms with Gasteiger partial charge in [0.2, 0.25) is 0 Å². The molecule has 32 heavy (non-hydrogen) atoms. The van der Waals surface area contributed by atoms with Crippen LogP contribution in [0.5, 0.6) is 0 Å². The smallest absolute Gasteiger partial charge is 0.257 e. The molecular weight excluding hydrogens is 447 g/mol. The molecule has 2 aromatic carbocycles. The highest BCUT2D eigenvalue weighted by Gasteiger charge is 2.28. The van der Waals surface area contributed by atoms with Crippen molar-refractivity contribution in [2.24, 2.45) is 0 Å². The first-order valence-corrected chi connectivity index (χ1v) is 12.3. The van der Waals surface area contributed by atoms with E-state index in [9.17, 15) is 9.18 Å². The molecule has 2 saturated heterocycles. The van der Waals surface area contributed by atoms with Crippen LogP contribution >= 0.6 is 23.4 Å². The third kappa shape index (κ3) is 4.24. The van der Waals surface area contributed by atoms with Gasteiger partial charge in [-0.05, 0) is 36.4 Å². The molecule has 2 aliphatic rings. The van der Waals surface area contributed by atoms with Gasteiger partial charge in [0.05, 0.1) is 16.8 Å². The average Bonchev–Trinajstić information content (AvgIpc) is 2.83. The van der Waals surface area contributed by atoms with Crippen LogP contribution in [0.15, 0.2) is 48.7 Å². The van der Waals surface area contributed by atoms with Crippen LogP contribution in [0.1, 0.15) is 10.4 Å². The summed E-state index contributed by atoms with van der Waals surface area (Å²) in [5, 5.41) is 1.41. The van der Waals surface area contributed by atoms with Crippen LogP contribution in [0.4, 0.5) is 15.8 Å². The van der Waals surface area contributed by atoms with Gasteiger partial charge in [-0.1, -0.05) is 17.7 Å². The molecule has 1 aromatic heterocycles. The number of aromatic nitrogens is 1. The van der Waals surface area contributed by atoms with E-state index >= 15 is 0 Å². The van der Waals surface area contributed by atoms with Gasteiger partial charge in [-0.2, -0.15) is 11.8 Å². The minimum absolute atomic E-state index is 0.0174. The van der Waals surface area contributed by atoms with E-state index in [-0.39, 0.29) is 11.7 Å². The molecular formula is C24H24ClFN4OS. The maximum Gasteiger partial charge on any atom is 0.257 e. The summed E-state index contributed by atoms with van der Waals surface area (Å²) in [5.41, 5.74) is 3.14. The number of hydrogen-bond donors (Lipinski definition) is 0. The van der Waals surface area contributed by atoms with Crippen LogP contribution in [0.3, 0.4) is 0 Å². The second-order valence-electron chi connectivity index (χ2n) is 8.04. The molecule has 0 N–H and O–H groups in total. The van der Waals surface area contributed by atoms with Gasteiger partial charge in [-0.25, -0.2) is 4.39 Å². The van der Waals surface area contributed by atoms with Gasteiger partial charge in [0, 0.05) is 73.1 Å². The summed E-state index contributed by atoms with van der Waals surface area (Å²) in [7, 11) is 0. The molecule has 3 aromatic rings. The summed E-state index contributed by atoms with van der Waals surface area (Å²) < 4.78 is 14.2. The zero-order valence-electron chi connectivity index (χ0n) is 17.6. The number of benzene rings is 2. The number of fused-ring (bicyclic) bond motifs is 1. The lowest BCUT2D eigenvalue weighted by Gasteiger charge is -2.39. The molecule has 2 fully saturated rings. The first kappa shape index (κ1) is 21.3. The Morgan fingerprint density at radius 2 is 1.72 bits per heavy atom. The van der Waals surface area contributed by atoms with E-state index in [1.54, 1.807) is 12.3 Å². The number of hydrogen-bond acceptors (Lipinski definition) is 5. The molecule has 0 spiro atoms. The second kappa shape index (κ2) is 9.16. The largest absolute Gasteiger partial charge is 0.368 e. The van der Waals surface area contributed by atoms with Crippen molar-refractivity contribution in [2.75, 3.05) is 60.6 Å². The number of halogens is 2. The van der Waals surface area contributed by atoms with Gasteiger partial charge in [0.25, 0.3) is 5.91 Å². The van der Waals surface area contributed by atoms with Crippen molar-refractivity contribution < 1.29 is 9.18 Å². The predicted octanol–water partition coefficient (Wildman–Crippen LogP) is 4.54. The summed E-state index contributed by atoms with van der Waals surface area (Å²) in [6.45, 7) is 4.47. The molecule has 5 nitrogen and oxygen atoms in total. The van der Waals surface area contributed by atoms with Crippen LogP contribution in [0.2, 0.25) is 5.02 Å². The maximum atomic E-state index is 14.2. The Kier molecular flexibility index (Phi) is 6.11. The highest BCUT2D eigenvalue weighted by atomic mass is 35.5. The van der Waals surface area contributed by atoms with Crippen molar-refractivity contribution in [3.63, 3.8) is 0 Å². The van der Waals surface area contributed by atoms with Crippen molar-refractivity contribution in [2.45, 2.75) is 0 Å². The van der Waals surface area contributed by atoms with E-state index in [2.05, 4.69) is 20.9 Å². The van der Waals surface area contributed by atoms with E-state index in [1.165, 1.54) is 12.1 Å². The van der Waals surface area contributed by atoms with Crippen LogP contribution in [-0.4, -0.2) is 66.6 Å². The molecule has 166 valence electrons. The number of rotatable bonds is 3. The third-order valence-corrected chi connectivity index (χ3v) is 7.28. The van der Waals surface area contributed by atoms with E-state index in [4.69, 9.17) is 11.6 Å². The van der Waals surface area contributed by atoms with Crippen molar-refractivity contribution in [1.29, 1.82) is 0 Å². The average molecular weight is 471 g/mol. The third-order valence-electron chi connectivity index (χ3n) is 6.10. The second-order valence-corrected chi connectivity index (χ2v) is 9.70. The molecule has 8 heteroatoms. The van der Waals surface area contributed by atoms with Gasteiger partial charge in [-0.15, -0.1) is 0 Å². The molecule has 0 atom stereocenters. The minimum atomic E-state index is -0.322. The van der Waals surface area contributed by atoms with Crippen LogP contribution in [0.25, 0.3) is 10.9 Å². The molecule has 0 unspecified atom stereocenters. The first-order chi connectivity index (χ1) is 15.6. The van der Waals surface area contributed by atoms with Gasteiger partial charge in [0.15, 0.2) is 0 Å². The monoisotopic (exact) mass is 470 g/mol. The summed E-state index contributed by atoms with van der Waals surface area (Å²) in [6, 6.07) is 12.5. The number of piperazine rings is 1. The maximum absolute atomic E-state index is 14.2. The number of thioether (sulfide) groups is 1. The Balaban J connectivity index is 1.49. The van der Waals surface area contributed by atoms with E-state index in [1.807, 2.05) is 34.9 Å². The fraction of sp³-hybridized carbons (Fsp3) is 0.333. The minimum Gasteiger partial charge on any atom is -0.368 e. The van der Waals surface area contributed by atoms with Gasteiger partial charge in [-0.3, -0.25) is 9.78 Å². The summed E-state index contributed by atoms with van der Waals surface area (Å²) in [5.74, 6) is 1.54. The van der Waals surface area contributed by atoms with Gasteiger partial charge in [0.1, 0.15) is 5.82 Å². The molecule has 5 rings (SSSR count). The number of anilines is 2. The summed E-state index contributed by atoms with van der Waals surface area (Å²) in [4.78, 5) is 24.3. The Hall–Kier alpha value is -2.51. The molecule has 0 aliphatic carbocycles. The zero-order chi connectivity index (χ0) is 22.1. The summed E-state index contributed by atoms with van der Waals surface area (Å²) in [6.07, 6.45) is 1.67. The molecule has 3 heterocycles. The van der Waals surface area contributed by atoms with Crippen molar-refractivity contribution in [1.82, 2.24) is 9.88 Å². The highest BCUT2D eigenvalue weighted by Crippen LogP contribution is 2.33. The molecule has 0 saturated carbocycles. The lowest BCUT2D eigenvalue weighted by molar-refractivity contribution is 0.0772. The van der Waals surface area contributed by atoms with E-state index in [0.29, 0.717) is 21.5 Å².